The molecule has 7 nitrogen and oxygen atoms in total. The van der Waals surface area contributed by atoms with Crippen LogP contribution in [0.15, 0.2) is 6.07 Å². The van der Waals surface area contributed by atoms with Gasteiger partial charge in [-0.15, -0.1) is 11.3 Å². The van der Waals surface area contributed by atoms with Gasteiger partial charge in [0.1, 0.15) is 0 Å². The largest absolute Gasteiger partial charge is 0.369 e. The van der Waals surface area contributed by atoms with E-state index in [1.165, 1.54) is 16.2 Å². The molecule has 2 aliphatic rings. The van der Waals surface area contributed by atoms with E-state index in [-0.39, 0.29) is 30.2 Å². The van der Waals surface area contributed by atoms with Crippen LogP contribution < -0.4 is 11.1 Å². The van der Waals surface area contributed by atoms with Gasteiger partial charge in [0.2, 0.25) is 11.8 Å². The monoisotopic (exact) mass is 364 g/mol. The van der Waals surface area contributed by atoms with Crippen molar-refractivity contribution < 1.29 is 14.4 Å². The summed E-state index contributed by atoms with van der Waals surface area (Å²) in [5.74, 6) is -0.360. The first kappa shape index (κ1) is 17.9. The van der Waals surface area contributed by atoms with E-state index >= 15 is 0 Å². The third-order valence-corrected chi connectivity index (χ3v) is 6.10. The fourth-order valence-corrected chi connectivity index (χ4v) is 4.74. The highest BCUT2D eigenvalue weighted by atomic mass is 32.1. The molecule has 136 valence electrons. The number of carbonyl (C=O) groups is 3. The van der Waals surface area contributed by atoms with Crippen LogP contribution in [0.5, 0.6) is 0 Å². The number of hydrogen-bond acceptors (Lipinski definition) is 5. The number of nitrogens with one attached hydrogen (secondary N) is 1. The van der Waals surface area contributed by atoms with Crippen molar-refractivity contribution in [3.63, 3.8) is 0 Å². The van der Waals surface area contributed by atoms with Gasteiger partial charge in [-0.3, -0.25) is 19.3 Å². The third-order valence-electron chi connectivity index (χ3n) is 4.86. The van der Waals surface area contributed by atoms with Crippen molar-refractivity contribution in [2.75, 3.05) is 33.2 Å². The second-order valence-corrected chi connectivity index (χ2v) is 7.83. The molecule has 8 heteroatoms. The van der Waals surface area contributed by atoms with E-state index in [0.29, 0.717) is 24.5 Å². The van der Waals surface area contributed by atoms with E-state index < -0.39 is 0 Å². The second-order valence-electron chi connectivity index (χ2n) is 6.69. The molecule has 0 aromatic carbocycles. The molecule has 2 aliphatic heterocycles. The fourth-order valence-electron chi connectivity index (χ4n) is 3.64. The van der Waals surface area contributed by atoms with Crippen LogP contribution in [0.3, 0.4) is 0 Å². The van der Waals surface area contributed by atoms with Gasteiger partial charge in [0.05, 0.1) is 17.3 Å². The molecule has 3 rings (SSSR count). The Kier molecular flexibility index (Phi) is 5.39. The van der Waals surface area contributed by atoms with Crippen LogP contribution in [0.2, 0.25) is 0 Å². The zero-order chi connectivity index (χ0) is 18.0. The molecule has 1 aromatic rings. The quantitative estimate of drug-likeness (QED) is 0.797. The molecular formula is C17H24N4O3S. The minimum absolute atomic E-state index is 0.0771. The molecular weight excluding hydrogens is 340 g/mol. The molecule has 1 fully saturated rings. The number of rotatable bonds is 4. The molecule has 3 amide bonds. The molecule has 1 aromatic heterocycles. The summed E-state index contributed by atoms with van der Waals surface area (Å²) >= 11 is 1.51. The summed E-state index contributed by atoms with van der Waals surface area (Å²) in [6, 6.07) is 1.90. The standard InChI is InChI=1S/C17H24N4O3S/c1-19-16(23)14-7-12-9-21(6-4-13(12)25-14)17(24)11-3-2-5-20(8-11)10-15(18)22/h7,11H,2-6,8-10H2,1H3,(H2,18,22)(H,19,23)/t11-/m1/s1. The Morgan fingerprint density at radius 3 is 2.88 bits per heavy atom. The van der Waals surface area contributed by atoms with Crippen LogP contribution in [-0.2, 0) is 22.6 Å². The van der Waals surface area contributed by atoms with E-state index in [9.17, 15) is 14.4 Å². The van der Waals surface area contributed by atoms with Crippen molar-refractivity contribution in [2.24, 2.45) is 11.7 Å². The number of piperidine rings is 1. The summed E-state index contributed by atoms with van der Waals surface area (Å²) < 4.78 is 0. The van der Waals surface area contributed by atoms with Gasteiger partial charge in [-0.1, -0.05) is 0 Å². The van der Waals surface area contributed by atoms with Gasteiger partial charge in [-0.05, 0) is 37.4 Å². The van der Waals surface area contributed by atoms with Gasteiger partial charge in [0.15, 0.2) is 0 Å². The number of thiophene rings is 1. The number of primary amides is 1. The molecule has 3 N–H and O–H groups in total. The smallest absolute Gasteiger partial charge is 0.261 e. The highest BCUT2D eigenvalue weighted by Gasteiger charge is 2.32. The first-order valence-electron chi connectivity index (χ1n) is 8.61. The van der Waals surface area contributed by atoms with Crippen LogP contribution in [-0.4, -0.2) is 60.7 Å². The first-order chi connectivity index (χ1) is 12.0. The average Bonchev–Trinajstić information content (AvgIpc) is 3.03. The van der Waals surface area contributed by atoms with Gasteiger partial charge < -0.3 is 16.0 Å². The van der Waals surface area contributed by atoms with Crippen molar-refractivity contribution in [3.8, 4) is 0 Å². The number of fused-ring (bicyclic) bond motifs is 1. The van der Waals surface area contributed by atoms with Crippen molar-refractivity contribution in [3.05, 3.63) is 21.4 Å². The summed E-state index contributed by atoms with van der Waals surface area (Å²) in [6.45, 7) is 2.88. The molecule has 3 heterocycles. The van der Waals surface area contributed by atoms with Crippen molar-refractivity contribution in [2.45, 2.75) is 25.8 Å². The predicted octanol–water partition coefficient (Wildman–Crippen LogP) is 0.190. The summed E-state index contributed by atoms with van der Waals surface area (Å²) in [4.78, 5) is 41.6. The van der Waals surface area contributed by atoms with E-state index in [4.69, 9.17) is 5.73 Å². The molecule has 25 heavy (non-hydrogen) atoms. The minimum Gasteiger partial charge on any atom is -0.369 e. The van der Waals surface area contributed by atoms with Crippen LogP contribution >= 0.6 is 11.3 Å². The summed E-state index contributed by atoms with van der Waals surface area (Å²) in [7, 11) is 1.62. The molecule has 1 atom stereocenters. The lowest BCUT2D eigenvalue weighted by atomic mass is 9.95. The van der Waals surface area contributed by atoms with E-state index in [2.05, 4.69) is 5.32 Å². The number of nitrogens with two attached hydrogens (primary N) is 1. The number of amides is 3. The first-order valence-corrected chi connectivity index (χ1v) is 9.42. The SMILES string of the molecule is CNC(=O)c1cc2c(s1)CCN(C(=O)[C@@H]1CCCN(CC(N)=O)C1)C2. The molecule has 0 unspecified atom stereocenters. The van der Waals surface area contributed by atoms with Gasteiger partial charge >= 0.3 is 0 Å². The Hall–Kier alpha value is -1.93. The normalized spacial score (nSPS) is 20.8. The van der Waals surface area contributed by atoms with Crippen LogP contribution in [0.1, 0.15) is 33.0 Å². The second kappa shape index (κ2) is 7.53. The minimum atomic E-state index is -0.351. The van der Waals surface area contributed by atoms with Crippen LogP contribution in [0.25, 0.3) is 0 Å². The van der Waals surface area contributed by atoms with Crippen molar-refractivity contribution in [1.29, 1.82) is 0 Å². The highest BCUT2D eigenvalue weighted by Crippen LogP contribution is 2.29. The lowest BCUT2D eigenvalue weighted by Crippen LogP contribution is -2.47. The Balaban J connectivity index is 1.64. The number of hydrogen-bond donors (Lipinski definition) is 2. The number of likely N-dealkylation sites (tertiary alicyclic amines) is 1. The Labute approximate surface area is 151 Å². The van der Waals surface area contributed by atoms with Gasteiger partial charge in [-0.2, -0.15) is 0 Å². The van der Waals surface area contributed by atoms with Crippen LogP contribution in [0, 0.1) is 5.92 Å². The average molecular weight is 364 g/mol. The maximum Gasteiger partial charge on any atom is 0.261 e. The Bertz CT molecular complexity index is 687. The van der Waals surface area contributed by atoms with Gasteiger partial charge in [-0.25, -0.2) is 0 Å². The Morgan fingerprint density at radius 1 is 1.36 bits per heavy atom. The van der Waals surface area contributed by atoms with Gasteiger partial charge in [0, 0.05) is 31.6 Å². The maximum absolute atomic E-state index is 12.9. The predicted molar refractivity (Wildman–Crippen MR) is 95.2 cm³/mol. The summed E-state index contributed by atoms with van der Waals surface area (Å²) in [5, 5.41) is 2.64. The molecule has 0 aliphatic carbocycles. The third kappa shape index (κ3) is 4.01. The van der Waals surface area contributed by atoms with Gasteiger partial charge in [0.25, 0.3) is 5.91 Å². The van der Waals surface area contributed by atoms with Crippen LogP contribution in [0.4, 0.5) is 0 Å². The molecule has 1 saturated heterocycles. The summed E-state index contributed by atoms with van der Waals surface area (Å²) in [5.41, 5.74) is 6.35. The lowest BCUT2D eigenvalue weighted by Gasteiger charge is -2.35. The molecule has 0 spiro atoms. The van der Waals surface area contributed by atoms with E-state index in [1.807, 2.05) is 15.9 Å². The fraction of sp³-hybridized carbons (Fsp3) is 0.588. The topological polar surface area (TPSA) is 95.7 Å². The van der Waals surface area contributed by atoms with Crippen molar-refractivity contribution >= 4 is 29.1 Å². The van der Waals surface area contributed by atoms with E-state index in [0.717, 1.165) is 31.4 Å². The zero-order valence-electron chi connectivity index (χ0n) is 14.4. The maximum atomic E-state index is 12.9. The molecule has 0 saturated carbocycles. The molecule has 0 bridgehead atoms. The highest BCUT2D eigenvalue weighted by molar-refractivity contribution is 7.14. The zero-order valence-corrected chi connectivity index (χ0v) is 15.2. The number of nitrogens with zero attached hydrogens (tertiary/aromatic N) is 2. The lowest BCUT2D eigenvalue weighted by molar-refractivity contribution is -0.139. The van der Waals surface area contributed by atoms with Crippen molar-refractivity contribution in [1.82, 2.24) is 15.1 Å². The number of carbonyl (C=O) groups excluding carboxylic acids is 3. The molecule has 0 radical (unpaired) electrons. The Morgan fingerprint density at radius 2 is 2.16 bits per heavy atom. The summed E-state index contributed by atoms with van der Waals surface area (Å²) in [6.07, 6.45) is 2.55. The van der Waals surface area contributed by atoms with E-state index in [1.54, 1.807) is 7.05 Å².